The lowest BCUT2D eigenvalue weighted by Crippen LogP contribution is -2.30. The van der Waals surface area contributed by atoms with Crippen molar-refractivity contribution in [3.8, 4) is 0 Å². The molecule has 1 rings (SSSR count). The Morgan fingerprint density at radius 1 is 1.53 bits per heavy atom. The Morgan fingerprint density at radius 3 is 2.53 bits per heavy atom. The molecule has 0 atom stereocenters. The minimum Gasteiger partial charge on any atom is -0.326 e. The van der Waals surface area contributed by atoms with Crippen molar-refractivity contribution in [1.29, 1.82) is 0 Å². The fourth-order valence-electron chi connectivity index (χ4n) is 1.45. The van der Waals surface area contributed by atoms with Gasteiger partial charge in [0, 0.05) is 25.0 Å². The summed E-state index contributed by atoms with van der Waals surface area (Å²) in [6.07, 6.45) is 0. The molecule has 1 heterocycles. The molecule has 1 aromatic heterocycles. The summed E-state index contributed by atoms with van der Waals surface area (Å²) in [6.45, 7) is 4.83. The summed E-state index contributed by atoms with van der Waals surface area (Å²) in [5.74, 6) is 0.293. The summed E-state index contributed by atoms with van der Waals surface area (Å²) >= 11 is 4.65. The van der Waals surface area contributed by atoms with E-state index in [4.69, 9.17) is 5.73 Å². The van der Waals surface area contributed by atoms with Crippen LogP contribution in [0.3, 0.4) is 0 Å². The van der Waals surface area contributed by atoms with Crippen LogP contribution in [-0.4, -0.2) is 26.3 Å². The van der Waals surface area contributed by atoms with Gasteiger partial charge in [0.15, 0.2) is 0 Å². The van der Waals surface area contributed by atoms with E-state index < -0.39 is 10.0 Å². The van der Waals surface area contributed by atoms with Crippen LogP contribution in [0, 0.1) is 5.92 Å². The van der Waals surface area contributed by atoms with Crippen LogP contribution < -0.4 is 5.73 Å². The molecule has 2 N–H and O–H groups in total. The molecule has 0 aromatic carbocycles. The molecular weight excluding hydrogens is 324 g/mol. The number of nitrogens with zero attached hydrogens (tertiary/aromatic N) is 1. The number of thiophene rings is 1. The molecule has 0 saturated carbocycles. The first-order chi connectivity index (χ1) is 7.78. The van der Waals surface area contributed by atoms with Crippen molar-refractivity contribution in [3.05, 3.63) is 14.7 Å². The van der Waals surface area contributed by atoms with Gasteiger partial charge in [0.05, 0.1) is 3.79 Å². The molecule has 4 nitrogen and oxygen atoms in total. The average molecular weight is 341 g/mol. The lowest BCUT2D eigenvalue weighted by molar-refractivity contribution is 0.417. The number of halogens is 1. The van der Waals surface area contributed by atoms with E-state index in [9.17, 15) is 8.42 Å². The summed E-state index contributed by atoms with van der Waals surface area (Å²) in [5.41, 5.74) is 5.51. The smallest absolute Gasteiger partial charge is 0.244 e. The number of sulfonamides is 1. The molecule has 7 heteroatoms. The van der Waals surface area contributed by atoms with Gasteiger partial charge in [-0.2, -0.15) is 0 Å². The minimum absolute atomic E-state index is 0.293. The third-order valence-corrected chi connectivity index (χ3v) is 6.32. The maximum Gasteiger partial charge on any atom is 0.244 e. The van der Waals surface area contributed by atoms with E-state index in [1.54, 1.807) is 13.1 Å². The van der Waals surface area contributed by atoms with Crippen LogP contribution in [-0.2, 0) is 16.6 Å². The molecule has 0 spiro atoms. The molecule has 17 heavy (non-hydrogen) atoms. The van der Waals surface area contributed by atoms with Gasteiger partial charge in [0.1, 0.15) is 4.90 Å². The van der Waals surface area contributed by atoms with E-state index in [1.165, 1.54) is 15.6 Å². The molecular formula is C10H17BrN2O2S2. The highest BCUT2D eigenvalue weighted by atomic mass is 79.9. The van der Waals surface area contributed by atoms with Crippen molar-refractivity contribution in [2.24, 2.45) is 11.7 Å². The van der Waals surface area contributed by atoms with Gasteiger partial charge < -0.3 is 5.73 Å². The summed E-state index contributed by atoms with van der Waals surface area (Å²) in [7, 11) is -1.81. The molecule has 0 amide bonds. The summed E-state index contributed by atoms with van der Waals surface area (Å²) in [4.78, 5) is 1.17. The minimum atomic E-state index is -3.41. The number of hydrogen-bond acceptors (Lipinski definition) is 4. The second kappa shape index (κ2) is 5.79. The van der Waals surface area contributed by atoms with Crippen LogP contribution in [0.2, 0.25) is 0 Å². The standard InChI is InChI=1S/C10H17BrN2O2S2/c1-7(2)6-13(3)17(14,15)9-4-8(5-12)16-10(9)11/h4,7H,5-6,12H2,1-3H3. The summed E-state index contributed by atoms with van der Waals surface area (Å²) in [5, 5.41) is 0. The molecule has 0 aliphatic heterocycles. The maximum atomic E-state index is 12.3. The van der Waals surface area contributed by atoms with Crippen LogP contribution in [0.1, 0.15) is 18.7 Å². The lowest BCUT2D eigenvalue weighted by Gasteiger charge is -2.18. The van der Waals surface area contributed by atoms with Crippen LogP contribution >= 0.6 is 27.3 Å². The van der Waals surface area contributed by atoms with E-state index in [0.29, 0.717) is 27.7 Å². The molecule has 0 fully saturated rings. The van der Waals surface area contributed by atoms with E-state index in [0.717, 1.165) is 4.88 Å². The molecule has 98 valence electrons. The van der Waals surface area contributed by atoms with Crippen LogP contribution in [0.15, 0.2) is 14.7 Å². The highest BCUT2D eigenvalue weighted by Gasteiger charge is 2.25. The molecule has 0 saturated heterocycles. The third-order valence-electron chi connectivity index (χ3n) is 2.22. The first kappa shape index (κ1) is 15.1. The highest BCUT2D eigenvalue weighted by Crippen LogP contribution is 2.33. The molecule has 0 bridgehead atoms. The number of hydrogen-bond donors (Lipinski definition) is 1. The molecule has 0 aliphatic rings. The first-order valence-corrected chi connectivity index (χ1v) is 8.28. The molecule has 0 radical (unpaired) electrons. The third kappa shape index (κ3) is 3.51. The van der Waals surface area contributed by atoms with Crippen LogP contribution in [0.25, 0.3) is 0 Å². The van der Waals surface area contributed by atoms with Gasteiger partial charge in [-0.05, 0) is 27.9 Å². The van der Waals surface area contributed by atoms with Gasteiger partial charge in [0.2, 0.25) is 10.0 Å². The number of rotatable bonds is 5. The zero-order chi connectivity index (χ0) is 13.2. The van der Waals surface area contributed by atoms with E-state index in [2.05, 4.69) is 15.9 Å². The predicted octanol–water partition coefficient (Wildman–Crippen LogP) is 2.25. The van der Waals surface area contributed by atoms with E-state index in [-0.39, 0.29) is 0 Å². The zero-order valence-electron chi connectivity index (χ0n) is 10.1. The fourth-order valence-corrected chi connectivity index (χ4v) is 5.30. The van der Waals surface area contributed by atoms with Crippen LogP contribution in [0.4, 0.5) is 0 Å². The van der Waals surface area contributed by atoms with Gasteiger partial charge >= 0.3 is 0 Å². The Bertz CT molecular complexity index is 482. The average Bonchev–Trinajstić information content (AvgIpc) is 2.59. The van der Waals surface area contributed by atoms with Gasteiger partial charge in [-0.1, -0.05) is 13.8 Å². The quantitative estimate of drug-likeness (QED) is 0.893. The second-order valence-corrected chi connectivity index (χ2v) is 8.70. The topological polar surface area (TPSA) is 63.4 Å². The number of nitrogens with two attached hydrogens (primary N) is 1. The molecule has 1 aromatic rings. The normalized spacial score (nSPS) is 12.6. The first-order valence-electron chi connectivity index (χ1n) is 5.23. The largest absolute Gasteiger partial charge is 0.326 e. The molecule has 0 aliphatic carbocycles. The Kier molecular flexibility index (Phi) is 5.15. The summed E-state index contributed by atoms with van der Waals surface area (Å²) < 4.78 is 26.6. The van der Waals surface area contributed by atoms with Gasteiger partial charge in [-0.3, -0.25) is 0 Å². The van der Waals surface area contributed by atoms with Crippen molar-refractivity contribution in [1.82, 2.24) is 4.31 Å². The Morgan fingerprint density at radius 2 is 2.12 bits per heavy atom. The van der Waals surface area contributed by atoms with Crippen molar-refractivity contribution in [3.63, 3.8) is 0 Å². The van der Waals surface area contributed by atoms with Gasteiger partial charge in [-0.25, -0.2) is 12.7 Å². The Labute approximate surface area is 115 Å². The SMILES string of the molecule is CC(C)CN(C)S(=O)(=O)c1cc(CN)sc1Br. The van der Waals surface area contributed by atoms with Gasteiger partial charge in [-0.15, -0.1) is 11.3 Å². The second-order valence-electron chi connectivity index (χ2n) is 4.23. The highest BCUT2D eigenvalue weighted by molar-refractivity contribution is 9.11. The van der Waals surface area contributed by atoms with Crippen molar-refractivity contribution >= 4 is 37.3 Å². The van der Waals surface area contributed by atoms with Crippen molar-refractivity contribution < 1.29 is 8.42 Å². The monoisotopic (exact) mass is 340 g/mol. The molecule has 0 unspecified atom stereocenters. The zero-order valence-corrected chi connectivity index (χ0v) is 13.3. The fraction of sp³-hybridized carbons (Fsp3) is 0.600. The predicted molar refractivity (Wildman–Crippen MR) is 74.6 cm³/mol. The van der Waals surface area contributed by atoms with Gasteiger partial charge in [0.25, 0.3) is 0 Å². The van der Waals surface area contributed by atoms with Crippen LogP contribution in [0.5, 0.6) is 0 Å². The Balaban J connectivity index is 3.08. The summed E-state index contributed by atoms with van der Waals surface area (Å²) in [6, 6.07) is 1.64. The van der Waals surface area contributed by atoms with E-state index in [1.807, 2.05) is 13.8 Å². The van der Waals surface area contributed by atoms with Crippen molar-refractivity contribution in [2.45, 2.75) is 25.3 Å². The maximum absolute atomic E-state index is 12.3. The van der Waals surface area contributed by atoms with E-state index >= 15 is 0 Å². The Hall–Kier alpha value is 0.0500. The van der Waals surface area contributed by atoms with Crippen molar-refractivity contribution in [2.75, 3.05) is 13.6 Å². The lowest BCUT2D eigenvalue weighted by atomic mass is 10.2.